The predicted molar refractivity (Wildman–Crippen MR) is 83.8 cm³/mol. The van der Waals surface area contributed by atoms with Crippen molar-refractivity contribution < 1.29 is 23.7 Å². The van der Waals surface area contributed by atoms with Crippen LogP contribution in [0.5, 0.6) is 0 Å². The molecule has 1 heterocycles. The van der Waals surface area contributed by atoms with E-state index >= 15 is 0 Å². The van der Waals surface area contributed by atoms with E-state index in [9.17, 15) is 4.79 Å². The zero-order chi connectivity index (χ0) is 16.8. The van der Waals surface area contributed by atoms with Gasteiger partial charge in [0.15, 0.2) is 6.29 Å². The number of amides is 1. The van der Waals surface area contributed by atoms with Crippen molar-refractivity contribution in [3.8, 4) is 0 Å². The first kappa shape index (κ1) is 19.2. The van der Waals surface area contributed by atoms with Crippen LogP contribution in [0.1, 0.15) is 47.0 Å². The molecule has 0 atom stereocenters. The fourth-order valence-corrected chi connectivity index (χ4v) is 2.50. The van der Waals surface area contributed by atoms with Crippen LogP contribution in [0.2, 0.25) is 0 Å². The molecule has 1 rings (SSSR count). The number of hydrogen-bond acceptors (Lipinski definition) is 5. The highest BCUT2D eigenvalue weighted by molar-refractivity contribution is 5.68. The maximum absolute atomic E-state index is 12.1. The van der Waals surface area contributed by atoms with Crippen molar-refractivity contribution >= 4 is 6.09 Å². The van der Waals surface area contributed by atoms with Crippen molar-refractivity contribution in [2.75, 3.05) is 33.9 Å². The van der Waals surface area contributed by atoms with E-state index in [-0.39, 0.29) is 18.0 Å². The van der Waals surface area contributed by atoms with E-state index in [1.165, 1.54) is 0 Å². The van der Waals surface area contributed by atoms with Crippen molar-refractivity contribution in [2.24, 2.45) is 0 Å². The van der Waals surface area contributed by atoms with E-state index in [1.807, 2.05) is 20.8 Å². The smallest absolute Gasteiger partial charge is 0.410 e. The highest BCUT2D eigenvalue weighted by Crippen LogP contribution is 2.30. The fourth-order valence-electron chi connectivity index (χ4n) is 2.50. The standard InChI is InChI=1S/C16H31NO5/c1-7-16(21-12-13(19-5)20-6)8-10-17(11-9-16)14(18)22-15(2,3)4/h13H,7-12H2,1-6H3. The Morgan fingerprint density at radius 2 is 1.73 bits per heavy atom. The first-order chi connectivity index (χ1) is 10.2. The zero-order valence-corrected chi connectivity index (χ0v) is 14.8. The van der Waals surface area contributed by atoms with Crippen molar-refractivity contribution in [1.82, 2.24) is 4.90 Å². The van der Waals surface area contributed by atoms with Crippen LogP contribution in [0.3, 0.4) is 0 Å². The maximum Gasteiger partial charge on any atom is 0.410 e. The lowest BCUT2D eigenvalue weighted by Gasteiger charge is -2.41. The summed E-state index contributed by atoms with van der Waals surface area (Å²) in [6.07, 6.45) is 1.89. The summed E-state index contributed by atoms with van der Waals surface area (Å²) in [4.78, 5) is 13.9. The summed E-state index contributed by atoms with van der Waals surface area (Å²) in [5.74, 6) is 0. The third-order valence-corrected chi connectivity index (χ3v) is 4.02. The molecule has 6 nitrogen and oxygen atoms in total. The quantitative estimate of drug-likeness (QED) is 0.705. The molecule has 1 aliphatic rings. The molecular formula is C16H31NO5. The molecule has 0 aliphatic carbocycles. The van der Waals surface area contributed by atoms with Gasteiger partial charge in [0.05, 0.1) is 12.2 Å². The summed E-state index contributed by atoms with van der Waals surface area (Å²) in [5.41, 5.74) is -0.676. The van der Waals surface area contributed by atoms with Crippen LogP contribution in [0.4, 0.5) is 4.79 Å². The molecule has 1 saturated heterocycles. The molecule has 130 valence electrons. The molecule has 0 radical (unpaired) electrons. The first-order valence-corrected chi connectivity index (χ1v) is 7.93. The second kappa shape index (κ2) is 8.13. The van der Waals surface area contributed by atoms with Crippen LogP contribution >= 0.6 is 0 Å². The van der Waals surface area contributed by atoms with Gasteiger partial charge >= 0.3 is 6.09 Å². The SMILES string of the molecule is CCC1(OCC(OC)OC)CCN(C(=O)OC(C)(C)C)CC1. The summed E-state index contributed by atoms with van der Waals surface area (Å²) < 4.78 is 21.8. The van der Waals surface area contributed by atoms with Gasteiger partial charge < -0.3 is 23.8 Å². The molecule has 22 heavy (non-hydrogen) atoms. The fraction of sp³-hybridized carbons (Fsp3) is 0.938. The van der Waals surface area contributed by atoms with E-state index in [0.717, 1.165) is 19.3 Å². The molecule has 0 saturated carbocycles. The highest BCUT2D eigenvalue weighted by atomic mass is 16.7. The van der Waals surface area contributed by atoms with Crippen LogP contribution in [-0.4, -0.2) is 62.4 Å². The third-order valence-electron chi connectivity index (χ3n) is 4.02. The Morgan fingerprint density at radius 3 is 2.14 bits per heavy atom. The van der Waals surface area contributed by atoms with E-state index in [0.29, 0.717) is 19.7 Å². The second-order valence-corrected chi connectivity index (χ2v) is 6.72. The van der Waals surface area contributed by atoms with Gasteiger partial charge in [-0.25, -0.2) is 4.79 Å². The second-order valence-electron chi connectivity index (χ2n) is 6.72. The average Bonchev–Trinajstić information content (AvgIpc) is 2.47. The molecule has 0 aromatic carbocycles. The number of likely N-dealkylation sites (tertiary alicyclic amines) is 1. The van der Waals surface area contributed by atoms with Gasteiger partial charge in [-0.2, -0.15) is 0 Å². The topological polar surface area (TPSA) is 57.2 Å². The normalized spacial score (nSPS) is 18.6. The van der Waals surface area contributed by atoms with Crippen LogP contribution < -0.4 is 0 Å². The molecule has 0 unspecified atom stereocenters. The Bertz CT molecular complexity index is 341. The maximum atomic E-state index is 12.1. The Balaban J connectivity index is 2.51. The number of carbonyl (C=O) groups is 1. The van der Waals surface area contributed by atoms with Gasteiger partial charge in [-0.05, 0) is 40.0 Å². The van der Waals surface area contributed by atoms with Gasteiger partial charge in [0.25, 0.3) is 0 Å². The summed E-state index contributed by atoms with van der Waals surface area (Å²) in [6, 6.07) is 0. The average molecular weight is 317 g/mol. The zero-order valence-electron chi connectivity index (χ0n) is 14.8. The molecule has 0 aromatic rings. The number of piperidine rings is 1. The van der Waals surface area contributed by atoms with Gasteiger partial charge in [0.1, 0.15) is 5.60 Å². The summed E-state index contributed by atoms with van der Waals surface area (Å²) >= 11 is 0. The van der Waals surface area contributed by atoms with Gasteiger partial charge in [-0.3, -0.25) is 0 Å². The highest BCUT2D eigenvalue weighted by Gasteiger charge is 2.37. The molecule has 1 aliphatic heterocycles. The van der Waals surface area contributed by atoms with Gasteiger partial charge in [-0.1, -0.05) is 6.92 Å². The molecule has 0 aromatic heterocycles. The lowest BCUT2D eigenvalue weighted by Crippen LogP contribution is -2.49. The van der Waals surface area contributed by atoms with Crippen LogP contribution in [-0.2, 0) is 18.9 Å². The Kier molecular flexibility index (Phi) is 7.09. The number of hydrogen-bond donors (Lipinski definition) is 0. The molecule has 0 spiro atoms. The lowest BCUT2D eigenvalue weighted by atomic mass is 9.88. The number of methoxy groups -OCH3 is 2. The minimum atomic E-state index is -0.461. The van der Waals surface area contributed by atoms with E-state index in [1.54, 1.807) is 19.1 Å². The van der Waals surface area contributed by atoms with Gasteiger partial charge in [0, 0.05) is 27.3 Å². The minimum Gasteiger partial charge on any atom is -0.444 e. The van der Waals surface area contributed by atoms with Crippen LogP contribution in [0.15, 0.2) is 0 Å². The van der Waals surface area contributed by atoms with E-state index in [2.05, 4.69) is 6.92 Å². The van der Waals surface area contributed by atoms with Gasteiger partial charge in [-0.15, -0.1) is 0 Å². The lowest BCUT2D eigenvalue weighted by molar-refractivity contribution is -0.183. The monoisotopic (exact) mass is 317 g/mol. The Hall–Kier alpha value is -0.850. The molecule has 6 heteroatoms. The summed E-state index contributed by atoms with van der Waals surface area (Å²) in [5, 5.41) is 0. The molecular weight excluding hydrogens is 286 g/mol. The van der Waals surface area contributed by atoms with Crippen molar-refractivity contribution in [2.45, 2.75) is 64.4 Å². The number of carbonyl (C=O) groups excluding carboxylic acids is 1. The Labute approximate surface area is 134 Å². The third kappa shape index (κ3) is 5.74. The van der Waals surface area contributed by atoms with Gasteiger partial charge in [0.2, 0.25) is 0 Å². The van der Waals surface area contributed by atoms with Crippen molar-refractivity contribution in [3.63, 3.8) is 0 Å². The van der Waals surface area contributed by atoms with E-state index in [4.69, 9.17) is 18.9 Å². The molecule has 1 fully saturated rings. The minimum absolute atomic E-state index is 0.214. The number of nitrogens with zero attached hydrogens (tertiary/aromatic N) is 1. The van der Waals surface area contributed by atoms with E-state index < -0.39 is 5.60 Å². The Morgan fingerprint density at radius 1 is 1.18 bits per heavy atom. The number of rotatable bonds is 6. The van der Waals surface area contributed by atoms with Crippen LogP contribution in [0, 0.1) is 0 Å². The molecule has 0 N–H and O–H groups in total. The summed E-state index contributed by atoms with van der Waals surface area (Å²) in [7, 11) is 3.20. The molecule has 0 bridgehead atoms. The summed E-state index contributed by atoms with van der Waals surface area (Å²) in [6.45, 7) is 9.43. The van der Waals surface area contributed by atoms with Crippen molar-refractivity contribution in [3.05, 3.63) is 0 Å². The largest absolute Gasteiger partial charge is 0.444 e. The van der Waals surface area contributed by atoms with Crippen LogP contribution in [0.25, 0.3) is 0 Å². The predicted octanol–water partition coefficient (Wildman–Crippen LogP) is 2.80. The molecule has 1 amide bonds. The van der Waals surface area contributed by atoms with Crippen molar-refractivity contribution in [1.29, 1.82) is 0 Å². The number of ether oxygens (including phenoxy) is 4. The first-order valence-electron chi connectivity index (χ1n) is 7.93.